The van der Waals surface area contributed by atoms with Crippen molar-refractivity contribution in [3.05, 3.63) is 28.5 Å². The molecule has 1 atom stereocenters. The molecule has 1 aromatic rings. The number of carbonyl (C=O) groups excluding carboxylic acids is 1. The zero-order chi connectivity index (χ0) is 13.9. The topological polar surface area (TPSA) is 41.1 Å². The summed E-state index contributed by atoms with van der Waals surface area (Å²) in [5.41, 5.74) is 0.151. The van der Waals surface area contributed by atoms with Gasteiger partial charge in [0.25, 0.3) is 0 Å². The fourth-order valence-electron chi connectivity index (χ4n) is 2.58. The van der Waals surface area contributed by atoms with E-state index >= 15 is 0 Å². The van der Waals surface area contributed by atoms with E-state index in [0.29, 0.717) is 10.2 Å². The summed E-state index contributed by atoms with van der Waals surface area (Å²) in [5.74, 6) is -0.356. The molecule has 1 aliphatic heterocycles. The number of halogens is 2. The van der Waals surface area contributed by atoms with E-state index in [1.54, 1.807) is 12.1 Å². The van der Waals surface area contributed by atoms with Crippen LogP contribution in [0.5, 0.6) is 0 Å². The average Bonchev–Trinajstić information content (AvgIpc) is 2.84. The summed E-state index contributed by atoms with van der Waals surface area (Å²) in [4.78, 5) is 12.4. The van der Waals surface area contributed by atoms with E-state index in [1.807, 2.05) is 0 Å². The second-order valence-electron chi connectivity index (χ2n) is 4.95. The number of carbonyl (C=O) groups is 1. The number of benzene rings is 1. The minimum atomic E-state index is -0.463. The number of hydrogen-bond acceptors (Lipinski definition) is 2. The lowest BCUT2D eigenvalue weighted by molar-refractivity contribution is -0.122. The van der Waals surface area contributed by atoms with Gasteiger partial charge < -0.3 is 10.6 Å². The Morgan fingerprint density at radius 2 is 2.37 bits per heavy atom. The van der Waals surface area contributed by atoms with E-state index in [4.69, 9.17) is 0 Å². The fourth-order valence-corrected chi connectivity index (χ4v) is 2.96. The van der Waals surface area contributed by atoms with Gasteiger partial charge in [0.1, 0.15) is 5.82 Å². The van der Waals surface area contributed by atoms with E-state index in [2.05, 4.69) is 33.5 Å². The minimum Gasteiger partial charge on any atom is -0.324 e. The number of amides is 1. The second kappa shape index (κ2) is 6.01. The molecule has 0 spiro atoms. The van der Waals surface area contributed by atoms with Crippen LogP contribution in [0.4, 0.5) is 10.1 Å². The van der Waals surface area contributed by atoms with Crippen LogP contribution in [0.1, 0.15) is 32.6 Å². The summed E-state index contributed by atoms with van der Waals surface area (Å²) in [6.07, 6.45) is 3.64. The molecule has 1 amide bonds. The largest absolute Gasteiger partial charge is 0.324 e. The summed E-state index contributed by atoms with van der Waals surface area (Å²) in [6, 6.07) is 4.50. The Hall–Kier alpha value is -0.940. The monoisotopic (exact) mass is 328 g/mol. The van der Waals surface area contributed by atoms with Gasteiger partial charge in [-0.05, 0) is 59.9 Å². The van der Waals surface area contributed by atoms with Crippen molar-refractivity contribution in [3.8, 4) is 0 Å². The number of anilines is 1. The van der Waals surface area contributed by atoms with Gasteiger partial charge in [0.15, 0.2) is 0 Å². The van der Waals surface area contributed by atoms with Gasteiger partial charge in [-0.3, -0.25) is 4.79 Å². The highest BCUT2D eigenvalue weighted by molar-refractivity contribution is 9.10. The lowest BCUT2D eigenvalue weighted by atomic mass is 9.91. The van der Waals surface area contributed by atoms with Crippen LogP contribution >= 0.6 is 15.9 Å². The van der Waals surface area contributed by atoms with Gasteiger partial charge in [0, 0.05) is 5.69 Å². The molecule has 1 unspecified atom stereocenters. The number of rotatable bonds is 4. The van der Waals surface area contributed by atoms with Crippen LogP contribution in [-0.2, 0) is 4.79 Å². The predicted molar refractivity (Wildman–Crippen MR) is 77.6 cm³/mol. The smallest absolute Gasteiger partial charge is 0.244 e. The standard InChI is InChI=1S/C14H18BrFN2O/c1-2-6-14(7-3-8-17-14)13(19)18-10-4-5-12(16)11(15)9-10/h4-5,9,17H,2-3,6-8H2,1H3,(H,18,19). The SMILES string of the molecule is CCCC1(C(=O)Nc2ccc(F)c(Br)c2)CCCN1. The zero-order valence-electron chi connectivity index (χ0n) is 10.9. The van der Waals surface area contributed by atoms with Crippen molar-refractivity contribution < 1.29 is 9.18 Å². The van der Waals surface area contributed by atoms with Crippen LogP contribution in [0.3, 0.4) is 0 Å². The fraction of sp³-hybridized carbons (Fsp3) is 0.500. The van der Waals surface area contributed by atoms with Gasteiger partial charge >= 0.3 is 0 Å². The third-order valence-electron chi connectivity index (χ3n) is 3.53. The summed E-state index contributed by atoms with van der Waals surface area (Å²) in [7, 11) is 0. The minimum absolute atomic E-state index is 0.0228. The van der Waals surface area contributed by atoms with Crippen LogP contribution in [0.2, 0.25) is 0 Å². The summed E-state index contributed by atoms with van der Waals surface area (Å²) in [5, 5.41) is 6.20. The molecule has 5 heteroatoms. The molecule has 0 bridgehead atoms. The Morgan fingerprint density at radius 3 is 2.95 bits per heavy atom. The Kier molecular flexibility index (Phi) is 4.58. The van der Waals surface area contributed by atoms with Crippen LogP contribution in [0, 0.1) is 5.82 Å². The van der Waals surface area contributed by atoms with E-state index < -0.39 is 5.54 Å². The van der Waals surface area contributed by atoms with Gasteiger partial charge in [0.05, 0.1) is 10.0 Å². The Balaban J connectivity index is 2.12. The first-order valence-corrected chi connectivity index (χ1v) is 7.38. The quantitative estimate of drug-likeness (QED) is 0.888. The van der Waals surface area contributed by atoms with Crippen LogP contribution in [0.25, 0.3) is 0 Å². The van der Waals surface area contributed by atoms with Crippen molar-refractivity contribution in [1.29, 1.82) is 0 Å². The van der Waals surface area contributed by atoms with Gasteiger partial charge in [0.2, 0.25) is 5.91 Å². The van der Waals surface area contributed by atoms with Crippen LogP contribution in [0.15, 0.2) is 22.7 Å². The molecule has 19 heavy (non-hydrogen) atoms. The molecular formula is C14H18BrFN2O. The molecule has 1 aliphatic rings. The maximum absolute atomic E-state index is 13.2. The van der Waals surface area contributed by atoms with Crippen LogP contribution < -0.4 is 10.6 Å². The van der Waals surface area contributed by atoms with Gasteiger partial charge in [-0.25, -0.2) is 4.39 Å². The highest BCUT2D eigenvalue weighted by Crippen LogP contribution is 2.27. The number of hydrogen-bond donors (Lipinski definition) is 2. The van der Waals surface area contributed by atoms with Gasteiger partial charge in [-0.2, -0.15) is 0 Å². The first-order valence-electron chi connectivity index (χ1n) is 6.59. The molecule has 0 radical (unpaired) electrons. The summed E-state index contributed by atoms with van der Waals surface area (Å²) < 4.78 is 13.5. The Labute approximate surface area is 121 Å². The molecule has 1 fully saturated rings. The van der Waals surface area contributed by atoms with Crippen molar-refractivity contribution in [3.63, 3.8) is 0 Å². The van der Waals surface area contributed by atoms with E-state index in [9.17, 15) is 9.18 Å². The molecule has 3 nitrogen and oxygen atoms in total. The zero-order valence-corrected chi connectivity index (χ0v) is 12.5. The summed E-state index contributed by atoms with van der Waals surface area (Å²) in [6.45, 7) is 2.95. The first kappa shape index (κ1) is 14.5. The number of nitrogens with one attached hydrogen (secondary N) is 2. The maximum Gasteiger partial charge on any atom is 0.244 e. The Morgan fingerprint density at radius 1 is 1.58 bits per heavy atom. The van der Waals surface area contributed by atoms with E-state index in [0.717, 1.165) is 32.2 Å². The van der Waals surface area contributed by atoms with E-state index in [1.165, 1.54) is 6.07 Å². The molecule has 1 aromatic carbocycles. The molecule has 104 valence electrons. The normalized spacial score (nSPS) is 22.5. The van der Waals surface area contributed by atoms with Crippen molar-refractivity contribution in [2.24, 2.45) is 0 Å². The molecule has 1 heterocycles. The molecule has 2 rings (SSSR count). The van der Waals surface area contributed by atoms with Gasteiger partial charge in [-0.1, -0.05) is 13.3 Å². The van der Waals surface area contributed by atoms with Crippen molar-refractivity contribution >= 4 is 27.5 Å². The summed E-state index contributed by atoms with van der Waals surface area (Å²) >= 11 is 3.12. The molecule has 0 aliphatic carbocycles. The molecular weight excluding hydrogens is 311 g/mol. The second-order valence-corrected chi connectivity index (χ2v) is 5.80. The molecule has 0 saturated carbocycles. The third-order valence-corrected chi connectivity index (χ3v) is 4.14. The van der Waals surface area contributed by atoms with Crippen molar-refractivity contribution in [2.45, 2.75) is 38.1 Å². The van der Waals surface area contributed by atoms with E-state index in [-0.39, 0.29) is 11.7 Å². The first-order chi connectivity index (χ1) is 9.07. The molecule has 2 N–H and O–H groups in total. The van der Waals surface area contributed by atoms with Crippen molar-refractivity contribution in [1.82, 2.24) is 5.32 Å². The van der Waals surface area contributed by atoms with Gasteiger partial charge in [-0.15, -0.1) is 0 Å². The predicted octanol–water partition coefficient (Wildman–Crippen LogP) is 3.45. The third kappa shape index (κ3) is 3.15. The highest BCUT2D eigenvalue weighted by atomic mass is 79.9. The maximum atomic E-state index is 13.2. The lowest BCUT2D eigenvalue weighted by Crippen LogP contribution is -2.50. The van der Waals surface area contributed by atoms with Crippen molar-refractivity contribution in [2.75, 3.05) is 11.9 Å². The average molecular weight is 329 g/mol. The molecule has 1 saturated heterocycles. The molecule has 0 aromatic heterocycles. The Bertz CT molecular complexity index is 473. The highest BCUT2D eigenvalue weighted by Gasteiger charge is 2.39. The van der Waals surface area contributed by atoms with Crippen LogP contribution in [-0.4, -0.2) is 18.0 Å². The lowest BCUT2D eigenvalue weighted by Gasteiger charge is -2.27.